The molecular weight excluding hydrogens is 256 g/mol. The molecule has 0 fully saturated rings. The minimum Gasteiger partial charge on any atom is -0.383 e. The first kappa shape index (κ1) is 14.2. The van der Waals surface area contributed by atoms with Gasteiger partial charge in [0.15, 0.2) is 5.11 Å². The van der Waals surface area contributed by atoms with Gasteiger partial charge in [-0.05, 0) is 43.3 Å². The van der Waals surface area contributed by atoms with Gasteiger partial charge in [0.2, 0.25) is 0 Å². The molecule has 0 atom stereocenters. The van der Waals surface area contributed by atoms with Crippen LogP contribution in [0, 0.1) is 13.8 Å². The van der Waals surface area contributed by atoms with Crippen LogP contribution >= 0.6 is 23.8 Å². The fourth-order valence-corrected chi connectivity index (χ4v) is 2.07. The van der Waals surface area contributed by atoms with E-state index in [4.69, 9.17) is 28.6 Å². The molecule has 0 amide bonds. The molecule has 1 aromatic rings. The fourth-order valence-electron chi connectivity index (χ4n) is 1.50. The Hall–Kier alpha value is -0.840. The Labute approximate surface area is 112 Å². The van der Waals surface area contributed by atoms with Crippen LogP contribution in [0.3, 0.4) is 0 Å². The molecule has 17 heavy (non-hydrogen) atoms. The number of halogens is 1. The summed E-state index contributed by atoms with van der Waals surface area (Å²) < 4.78 is 4.93. The first-order valence-electron chi connectivity index (χ1n) is 5.35. The molecule has 2 N–H and O–H groups in total. The van der Waals surface area contributed by atoms with Crippen LogP contribution < -0.4 is 10.6 Å². The third-order valence-corrected chi connectivity index (χ3v) is 2.81. The minimum absolute atomic E-state index is 0.552. The maximum Gasteiger partial charge on any atom is 0.170 e. The molecule has 5 heteroatoms. The normalized spacial score (nSPS) is 10.1. The van der Waals surface area contributed by atoms with E-state index in [1.54, 1.807) is 7.11 Å². The van der Waals surface area contributed by atoms with Crippen molar-refractivity contribution >= 4 is 34.6 Å². The lowest BCUT2D eigenvalue weighted by Gasteiger charge is -2.14. The van der Waals surface area contributed by atoms with E-state index in [9.17, 15) is 0 Å². The number of benzene rings is 1. The molecule has 0 aliphatic heterocycles. The molecule has 1 aromatic carbocycles. The standard InChI is InChI=1S/C12H17ClN2OS/c1-8-6-9(2)11(10(13)7-8)15-12(17)14-4-5-16-3/h6-7H,4-5H2,1-3H3,(H2,14,15,17). The molecule has 3 nitrogen and oxygen atoms in total. The van der Waals surface area contributed by atoms with E-state index >= 15 is 0 Å². The van der Waals surface area contributed by atoms with Crippen molar-refractivity contribution in [1.29, 1.82) is 0 Å². The Kier molecular flexibility index (Phi) is 5.68. The highest BCUT2D eigenvalue weighted by Crippen LogP contribution is 2.27. The summed E-state index contributed by atoms with van der Waals surface area (Å²) in [5.41, 5.74) is 3.06. The number of aryl methyl sites for hydroxylation is 2. The first-order valence-corrected chi connectivity index (χ1v) is 6.13. The molecule has 0 bridgehead atoms. The molecule has 0 aliphatic carbocycles. The fraction of sp³-hybridized carbons (Fsp3) is 0.417. The SMILES string of the molecule is COCCNC(=S)Nc1c(C)cc(C)cc1Cl. The van der Waals surface area contributed by atoms with Crippen molar-refractivity contribution in [3.63, 3.8) is 0 Å². The van der Waals surface area contributed by atoms with E-state index in [2.05, 4.69) is 16.7 Å². The van der Waals surface area contributed by atoms with Crippen LogP contribution in [-0.2, 0) is 4.74 Å². The summed E-state index contributed by atoms with van der Waals surface area (Å²) in [7, 11) is 1.65. The van der Waals surface area contributed by atoms with E-state index in [1.807, 2.05) is 19.9 Å². The Morgan fingerprint density at radius 3 is 2.71 bits per heavy atom. The molecule has 0 aliphatic rings. The monoisotopic (exact) mass is 272 g/mol. The molecule has 0 spiro atoms. The summed E-state index contributed by atoms with van der Waals surface area (Å²) in [6.07, 6.45) is 0. The van der Waals surface area contributed by atoms with Crippen molar-refractivity contribution in [1.82, 2.24) is 5.32 Å². The molecule has 0 saturated carbocycles. The van der Waals surface area contributed by atoms with E-state index in [-0.39, 0.29) is 0 Å². The van der Waals surface area contributed by atoms with Crippen molar-refractivity contribution in [3.8, 4) is 0 Å². The van der Waals surface area contributed by atoms with E-state index < -0.39 is 0 Å². The van der Waals surface area contributed by atoms with Crippen molar-refractivity contribution in [2.45, 2.75) is 13.8 Å². The second-order valence-corrected chi connectivity index (χ2v) is 4.63. The number of hydrogen-bond donors (Lipinski definition) is 2. The van der Waals surface area contributed by atoms with Gasteiger partial charge < -0.3 is 15.4 Å². The maximum atomic E-state index is 6.17. The van der Waals surface area contributed by atoms with Gasteiger partial charge in [-0.3, -0.25) is 0 Å². The molecule has 94 valence electrons. The van der Waals surface area contributed by atoms with Gasteiger partial charge in [0.1, 0.15) is 0 Å². The number of anilines is 1. The Morgan fingerprint density at radius 2 is 2.12 bits per heavy atom. The third-order valence-electron chi connectivity index (χ3n) is 2.26. The average molecular weight is 273 g/mol. The molecule has 0 heterocycles. The highest BCUT2D eigenvalue weighted by molar-refractivity contribution is 7.80. The lowest BCUT2D eigenvalue weighted by Crippen LogP contribution is -2.31. The van der Waals surface area contributed by atoms with Crippen molar-refractivity contribution in [2.75, 3.05) is 25.6 Å². The van der Waals surface area contributed by atoms with Crippen LogP contribution in [0.25, 0.3) is 0 Å². The van der Waals surface area contributed by atoms with Gasteiger partial charge in [-0.25, -0.2) is 0 Å². The zero-order valence-electron chi connectivity index (χ0n) is 10.3. The van der Waals surface area contributed by atoms with Crippen LogP contribution in [0.2, 0.25) is 5.02 Å². The molecule has 0 radical (unpaired) electrons. The molecule has 0 unspecified atom stereocenters. The second kappa shape index (κ2) is 6.79. The zero-order valence-corrected chi connectivity index (χ0v) is 11.8. The summed E-state index contributed by atoms with van der Waals surface area (Å²) in [4.78, 5) is 0. The molecule has 1 rings (SSSR count). The van der Waals surface area contributed by atoms with E-state index in [1.165, 1.54) is 0 Å². The summed E-state index contributed by atoms with van der Waals surface area (Å²) in [5.74, 6) is 0. The van der Waals surface area contributed by atoms with Crippen molar-refractivity contribution in [2.24, 2.45) is 0 Å². The van der Waals surface area contributed by atoms with Crippen LogP contribution in [0.4, 0.5) is 5.69 Å². The Morgan fingerprint density at radius 1 is 1.41 bits per heavy atom. The highest BCUT2D eigenvalue weighted by atomic mass is 35.5. The highest BCUT2D eigenvalue weighted by Gasteiger charge is 2.06. The quantitative estimate of drug-likeness (QED) is 0.652. The lowest BCUT2D eigenvalue weighted by molar-refractivity contribution is 0.204. The number of rotatable bonds is 4. The number of methoxy groups -OCH3 is 1. The van der Waals surface area contributed by atoms with Crippen molar-refractivity contribution in [3.05, 3.63) is 28.3 Å². The maximum absolute atomic E-state index is 6.17. The first-order chi connectivity index (χ1) is 8.04. The van der Waals surface area contributed by atoms with E-state index in [0.29, 0.717) is 23.3 Å². The smallest absolute Gasteiger partial charge is 0.170 e. The van der Waals surface area contributed by atoms with E-state index in [0.717, 1.165) is 16.8 Å². The van der Waals surface area contributed by atoms with Gasteiger partial charge in [-0.15, -0.1) is 0 Å². The Balaban J connectivity index is 2.65. The molecule has 0 saturated heterocycles. The van der Waals surface area contributed by atoms with Crippen molar-refractivity contribution < 1.29 is 4.74 Å². The molecular formula is C12H17ClN2OS. The average Bonchev–Trinajstić information content (AvgIpc) is 2.24. The Bertz CT molecular complexity index is 386. The summed E-state index contributed by atoms with van der Waals surface area (Å²) in [6, 6.07) is 3.97. The largest absolute Gasteiger partial charge is 0.383 e. The zero-order chi connectivity index (χ0) is 12.8. The minimum atomic E-state index is 0.552. The number of thiocarbonyl (C=S) groups is 1. The lowest BCUT2D eigenvalue weighted by atomic mass is 10.1. The summed E-state index contributed by atoms with van der Waals surface area (Å²) >= 11 is 11.3. The number of nitrogens with one attached hydrogen (secondary N) is 2. The van der Waals surface area contributed by atoms with Gasteiger partial charge in [-0.1, -0.05) is 17.7 Å². The van der Waals surface area contributed by atoms with Crippen LogP contribution in [-0.4, -0.2) is 25.4 Å². The summed E-state index contributed by atoms with van der Waals surface area (Å²) in [6.45, 7) is 5.30. The van der Waals surface area contributed by atoms with Crippen LogP contribution in [0.15, 0.2) is 12.1 Å². The topological polar surface area (TPSA) is 33.3 Å². The predicted octanol–water partition coefficient (Wildman–Crippen LogP) is 2.89. The van der Waals surface area contributed by atoms with Crippen LogP contribution in [0.5, 0.6) is 0 Å². The van der Waals surface area contributed by atoms with Gasteiger partial charge in [0.25, 0.3) is 0 Å². The predicted molar refractivity (Wildman–Crippen MR) is 77.0 cm³/mol. The van der Waals surface area contributed by atoms with Gasteiger partial charge in [0, 0.05) is 13.7 Å². The molecule has 0 aromatic heterocycles. The second-order valence-electron chi connectivity index (χ2n) is 3.81. The third kappa shape index (κ3) is 4.50. The number of ether oxygens (including phenoxy) is 1. The van der Waals surface area contributed by atoms with Gasteiger partial charge >= 0.3 is 0 Å². The summed E-state index contributed by atoms with van der Waals surface area (Å²) in [5, 5.41) is 7.37. The van der Waals surface area contributed by atoms with Gasteiger partial charge in [0.05, 0.1) is 17.3 Å². The van der Waals surface area contributed by atoms with Gasteiger partial charge in [-0.2, -0.15) is 0 Å². The van der Waals surface area contributed by atoms with Crippen LogP contribution in [0.1, 0.15) is 11.1 Å². The number of hydrogen-bond acceptors (Lipinski definition) is 2.